The van der Waals surface area contributed by atoms with E-state index in [0.717, 1.165) is 30.3 Å². The summed E-state index contributed by atoms with van der Waals surface area (Å²) in [6.45, 7) is 7.37. The van der Waals surface area contributed by atoms with Crippen LogP contribution in [0.2, 0.25) is 0 Å². The van der Waals surface area contributed by atoms with Gasteiger partial charge in [0.2, 0.25) is 0 Å². The number of para-hydroxylation sites is 1. The molecule has 1 atom stereocenters. The number of nitrogens with one attached hydrogen (secondary N) is 2. The van der Waals surface area contributed by atoms with E-state index < -0.39 is 11.7 Å². The first-order chi connectivity index (χ1) is 12.3. The topological polar surface area (TPSA) is 87.3 Å². The third-order valence-electron chi connectivity index (χ3n) is 4.45. The molecule has 2 heterocycles. The van der Waals surface area contributed by atoms with Crippen LogP contribution >= 0.6 is 0 Å². The molecule has 7 nitrogen and oxygen atoms in total. The van der Waals surface area contributed by atoms with Gasteiger partial charge in [-0.25, -0.2) is 4.79 Å². The summed E-state index contributed by atoms with van der Waals surface area (Å²) in [5.74, 6) is 0.225. The SMILES string of the molecule is CC(C)(C)OC(=O)NCC1CCCN(C(=O)c2cccc3cn[nH]c23)C1. The fourth-order valence-corrected chi connectivity index (χ4v) is 3.28. The fourth-order valence-electron chi connectivity index (χ4n) is 3.28. The van der Waals surface area contributed by atoms with Crippen molar-refractivity contribution in [3.05, 3.63) is 30.0 Å². The first-order valence-electron chi connectivity index (χ1n) is 9.02. The minimum absolute atomic E-state index is 0.00168. The Morgan fingerprint density at radius 3 is 2.96 bits per heavy atom. The van der Waals surface area contributed by atoms with Gasteiger partial charge in [0.25, 0.3) is 5.91 Å². The highest BCUT2D eigenvalue weighted by Gasteiger charge is 2.26. The Balaban J connectivity index is 1.60. The van der Waals surface area contributed by atoms with Crippen molar-refractivity contribution in [1.82, 2.24) is 20.4 Å². The van der Waals surface area contributed by atoms with Gasteiger partial charge in [0.05, 0.1) is 17.3 Å². The quantitative estimate of drug-likeness (QED) is 0.883. The first-order valence-corrected chi connectivity index (χ1v) is 9.02. The third-order valence-corrected chi connectivity index (χ3v) is 4.45. The van der Waals surface area contributed by atoms with Gasteiger partial charge in [-0.05, 0) is 45.6 Å². The van der Waals surface area contributed by atoms with Gasteiger partial charge in [-0.15, -0.1) is 0 Å². The largest absolute Gasteiger partial charge is 0.444 e. The molecule has 0 saturated carbocycles. The maximum atomic E-state index is 12.9. The van der Waals surface area contributed by atoms with Crippen LogP contribution < -0.4 is 5.32 Å². The van der Waals surface area contributed by atoms with Crippen LogP contribution in [0.15, 0.2) is 24.4 Å². The number of carbonyl (C=O) groups is 2. The number of piperidine rings is 1. The highest BCUT2D eigenvalue weighted by atomic mass is 16.6. The number of benzene rings is 1. The summed E-state index contributed by atoms with van der Waals surface area (Å²) in [4.78, 5) is 26.6. The Labute approximate surface area is 153 Å². The van der Waals surface area contributed by atoms with E-state index in [1.807, 2.05) is 43.9 Å². The highest BCUT2D eigenvalue weighted by molar-refractivity contribution is 6.05. The molecule has 1 aromatic carbocycles. The summed E-state index contributed by atoms with van der Waals surface area (Å²) in [5.41, 5.74) is 0.897. The van der Waals surface area contributed by atoms with Gasteiger partial charge in [0, 0.05) is 25.0 Å². The number of carbonyl (C=O) groups excluding carboxylic acids is 2. The summed E-state index contributed by atoms with van der Waals surface area (Å²) >= 11 is 0. The summed E-state index contributed by atoms with van der Waals surface area (Å²) < 4.78 is 5.27. The lowest BCUT2D eigenvalue weighted by molar-refractivity contribution is 0.0503. The lowest BCUT2D eigenvalue weighted by Gasteiger charge is -2.33. The van der Waals surface area contributed by atoms with Crippen LogP contribution in [0.1, 0.15) is 44.0 Å². The first kappa shape index (κ1) is 18.2. The molecule has 7 heteroatoms. The third kappa shape index (κ3) is 4.33. The van der Waals surface area contributed by atoms with Gasteiger partial charge >= 0.3 is 6.09 Å². The van der Waals surface area contributed by atoms with Gasteiger partial charge in [-0.1, -0.05) is 12.1 Å². The molecule has 140 valence electrons. The maximum absolute atomic E-state index is 12.9. The molecule has 0 radical (unpaired) electrons. The molecule has 1 aliphatic rings. The van der Waals surface area contributed by atoms with Crippen LogP contribution in [-0.2, 0) is 4.74 Å². The van der Waals surface area contributed by atoms with Crippen molar-refractivity contribution in [3.63, 3.8) is 0 Å². The number of nitrogens with zero attached hydrogens (tertiary/aromatic N) is 2. The standard InChI is InChI=1S/C19H26N4O3/c1-19(2,3)26-18(25)20-10-13-6-5-9-23(12-13)17(24)15-8-4-7-14-11-21-22-16(14)15/h4,7-8,11,13H,5-6,9-10,12H2,1-3H3,(H,20,25)(H,21,22). The van der Waals surface area contributed by atoms with E-state index in [9.17, 15) is 9.59 Å². The van der Waals surface area contributed by atoms with Gasteiger partial charge in [0.15, 0.2) is 0 Å². The van der Waals surface area contributed by atoms with E-state index in [2.05, 4.69) is 15.5 Å². The van der Waals surface area contributed by atoms with Gasteiger partial charge in [-0.2, -0.15) is 5.10 Å². The number of hydrogen-bond donors (Lipinski definition) is 2. The average Bonchev–Trinajstić information content (AvgIpc) is 3.07. The average molecular weight is 358 g/mol. The van der Waals surface area contributed by atoms with Gasteiger partial charge < -0.3 is 15.0 Å². The molecular formula is C19H26N4O3. The number of alkyl carbamates (subject to hydrolysis) is 1. The van der Waals surface area contributed by atoms with Gasteiger partial charge in [-0.3, -0.25) is 9.89 Å². The molecule has 3 rings (SSSR count). The van der Waals surface area contributed by atoms with Crippen molar-refractivity contribution in [2.24, 2.45) is 5.92 Å². The Kier molecular flexibility index (Phi) is 5.15. The predicted octanol–water partition coefficient (Wildman–Crippen LogP) is 2.94. The maximum Gasteiger partial charge on any atom is 0.407 e. The van der Waals surface area contributed by atoms with Crippen molar-refractivity contribution in [1.29, 1.82) is 0 Å². The Morgan fingerprint density at radius 2 is 2.19 bits per heavy atom. The van der Waals surface area contributed by atoms with E-state index in [0.29, 0.717) is 18.7 Å². The zero-order chi connectivity index (χ0) is 18.7. The van der Waals surface area contributed by atoms with Crippen molar-refractivity contribution in [2.45, 2.75) is 39.2 Å². The second-order valence-corrected chi connectivity index (χ2v) is 7.78. The van der Waals surface area contributed by atoms with Crippen LogP contribution in [0.25, 0.3) is 10.9 Å². The monoisotopic (exact) mass is 358 g/mol. The van der Waals surface area contributed by atoms with Crippen LogP contribution in [0.3, 0.4) is 0 Å². The lowest BCUT2D eigenvalue weighted by atomic mass is 9.97. The van der Waals surface area contributed by atoms with E-state index in [1.54, 1.807) is 6.20 Å². The molecule has 26 heavy (non-hydrogen) atoms. The molecule has 2 aromatic rings. The van der Waals surface area contributed by atoms with Gasteiger partial charge in [0.1, 0.15) is 5.60 Å². The van der Waals surface area contributed by atoms with E-state index in [-0.39, 0.29) is 11.8 Å². The molecule has 0 aliphatic carbocycles. The minimum Gasteiger partial charge on any atom is -0.444 e. The van der Waals surface area contributed by atoms with Crippen molar-refractivity contribution in [3.8, 4) is 0 Å². The second-order valence-electron chi connectivity index (χ2n) is 7.78. The normalized spacial score (nSPS) is 18.0. The second kappa shape index (κ2) is 7.35. The van der Waals surface area contributed by atoms with Crippen LogP contribution in [0.5, 0.6) is 0 Å². The number of rotatable bonds is 3. The molecule has 1 aromatic heterocycles. The summed E-state index contributed by atoms with van der Waals surface area (Å²) in [7, 11) is 0. The summed E-state index contributed by atoms with van der Waals surface area (Å²) in [5, 5.41) is 10.7. The number of hydrogen-bond acceptors (Lipinski definition) is 4. The number of likely N-dealkylation sites (tertiary alicyclic amines) is 1. The van der Waals surface area contributed by atoms with Crippen molar-refractivity contribution >= 4 is 22.9 Å². The number of H-pyrrole nitrogens is 1. The number of ether oxygens (including phenoxy) is 1. The number of fused-ring (bicyclic) bond motifs is 1. The van der Waals surface area contributed by atoms with Crippen molar-refractivity contribution in [2.75, 3.05) is 19.6 Å². The Hall–Kier alpha value is -2.57. The summed E-state index contributed by atoms with van der Waals surface area (Å²) in [6.07, 6.45) is 3.21. The molecule has 1 aliphatic heterocycles. The smallest absolute Gasteiger partial charge is 0.407 e. The minimum atomic E-state index is -0.512. The van der Waals surface area contributed by atoms with E-state index in [4.69, 9.17) is 4.74 Å². The van der Waals surface area contributed by atoms with E-state index >= 15 is 0 Å². The van der Waals surface area contributed by atoms with Crippen LogP contribution in [-0.4, -0.2) is 52.3 Å². The molecule has 0 bridgehead atoms. The number of amides is 2. The zero-order valence-electron chi connectivity index (χ0n) is 15.5. The van der Waals surface area contributed by atoms with E-state index in [1.165, 1.54) is 0 Å². The van der Waals surface area contributed by atoms with Crippen molar-refractivity contribution < 1.29 is 14.3 Å². The molecule has 1 unspecified atom stereocenters. The fraction of sp³-hybridized carbons (Fsp3) is 0.526. The zero-order valence-corrected chi connectivity index (χ0v) is 15.5. The molecular weight excluding hydrogens is 332 g/mol. The number of aromatic nitrogens is 2. The van der Waals surface area contributed by atoms with Crippen LogP contribution in [0, 0.1) is 5.92 Å². The lowest BCUT2D eigenvalue weighted by Crippen LogP contribution is -2.44. The molecule has 1 saturated heterocycles. The van der Waals surface area contributed by atoms with Crippen LogP contribution in [0.4, 0.5) is 4.79 Å². The highest BCUT2D eigenvalue weighted by Crippen LogP contribution is 2.22. The number of aromatic amines is 1. The molecule has 0 spiro atoms. The Bertz CT molecular complexity index is 793. The summed E-state index contributed by atoms with van der Waals surface area (Å²) in [6, 6.07) is 5.63. The molecule has 1 fully saturated rings. The Morgan fingerprint density at radius 1 is 1.38 bits per heavy atom. The molecule has 2 amide bonds. The molecule has 2 N–H and O–H groups in total. The predicted molar refractivity (Wildman–Crippen MR) is 99.0 cm³/mol.